The lowest BCUT2D eigenvalue weighted by Gasteiger charge is -2.05. The molecular weight excluding hydrogens is 220 g/mol. The zero-order valence-electron chi connectivity index (χ0n) is 10.7. The molecule has 0 aliphatic rings. The Kier molecular flexibility index (Phi) is 7.06. The third kappa shape index (κ3) is 5.31. The lowest BCUT2D eigenvalue weighted by molar-refractivity contribution is 0.594. The molecule has 0 amide bonds. The summed E-state index contributed by atoms with van der Waals surface area (Å²) in [6.07, 6.45) is 0.689. The molecule has 3 heteroatoms. The Hall–Kier alpha value is -0.830. The number of sulfone groups is 1. The Morgan fingerprint density at radius 3 is 2.19 bits per heavy atom. The molecule has 0 saturated carbocycles. The zero-order valence-corrected chi connectivity index (χ0v) is 11.5. The summed E-state index contributed by atoms with van der Waals surface area (Å²) < 4.78 is 23.1. The van der Waals surface area contributed by atoms with Gasteiger partial charge in [0.1, 0.15) is 0 Å². The molecule has 0 aliphatic heterocycles. The van der Waals surface area contributed by atoms with Crippen LogP contribution >= 0.6 is 0 Å². The molecule has 1 rings (SSSR count). The van der Waals surface area contributed by atoms with Gasteiger partial charge in [0, 0.05) is 0 Å². The number of hydrogen-bond donors (Lipinski definition) is 0. The van der Waals surface area contributed by atoms with Gasteiger partial charge in [-0.25, -0.2) is 8.42 Å². The first-order valence-corrected chi connectivity index (χ1v) is 7.62. The fraction of sp³-hybridized carbons (Fsp3) is 0.538. The van der Waals surface area contributed by atoms with Gasteiger partial charge in [-0.2, -0.15) is 0 Å². The van der Waals surface area contributed by atoms with E-state index in [1.165, 1.54) is 0 Å². The molecule has 0 unspecified atom stereocenters. The molecule has 0 radical (unpaired) electrons. The van der Waals surface area contributed by atoms with E-state index in [0.717, 1.165) is 11.1 Å². The lowest BCUT2D eigenvalue weighted by atomic mass is 10.1. The van der Waals surface area contributed by atoms with Crippen LogP contribution in [0.1, 0.15) is 38.3 Å². The summed E-state index contributed by atoms with van der Waals surface area (Å²) in [7, 11) is -2.91. The van der Waals surface area contributed by atoms with E-state index < -0.39 is 9.84 Å². The van der Waals surface area contributed by atoms with Gasteiger partial charge in [0.2, 0.25) is 0 Å². The zero-order chi connectivity index (χ0) is 12.6. The second-order valence-electron chi connectivity index (χ2n) is 3.52. The van der Waals surface area contributed by atoms with Crippen molar-refractivity contribution in [3.8, 4) is 0 Å². The predicted octanol–water partition coefficient (Wildman–Crippen LogP) is 3.35. The molecule has 0 fully saturated rings. The second-order valence-corrected chi connectivity index (χ2v) is 5.70. The van der Waals surface area contributed by atoms with Crippen LogP contribution in [-0.2, 0) is 15.6 Å². The van der Waals surface area contributed by atoms with Gasteiger partial charge in [-0.15, -0.1) is 0 Å². The van der Waals surface area contributed by atoms with Crippen molar-refractivity contribution in [3.05, 3.63) is 35.4 Å². The van der Waals surface area contributed by atoms with Gasteiger partial charge in [0.05, 0.1) is 11.5 Å². The summed E-state index contributed by atoms with van der Waals surface area (Å²) >= 11 is 0. The fourth-order valence-electron chi connectivity index (χ4n) is 1.39. The van der Waals surface area contributed by atoms with Crippen molar-refractivity contribution in [1.82, 2.24) is 0 Å². The van der Waals surface area contributed by atoms with Crippen LogP contribution in [0.3, 0.4) is 0 Å². The minimum atomic E-state index is -2.91. The van der Waals surface area contributed by atoms with E-state index in [0.29, 0.717) is 6.42 Å². The minimum Gasteiger partial charge on any atom is -0.228 e. The summed E-state index contributed by atoms with van der Waals surface area (Å²) in [4.78, 5) is 0. The maximum Gasteiger partial charge on any atom is 0.154 e. The van der Waals surface area contributed by atoms with Crippen molar-refractivity contribution < 1.29 is 8.42 Å². The van der Waals surface area contributed by atoms with Crippen LogP contribution < -0.4 is 0 Å². The Bertz CT molecular complexity index is 394. The van der Waals surface area contributed by atoms with Crippen LogP contribution in [-0.4, -0.2) is 14.2 Å². The highest BCUT2D eigenvalue weighted by atomic mass is 32.2. The highest BCUT2D eigenvalue weighted by Gasteiger charge is 2.11. The molecule has 0 heterocycles. The van der Waals surface area contributed by atoms with E-state index in [9.17, 15) is 8.42 Å². The molecule has 0 aliphatic carbocycles. The first-order valence-electron chi connectivity index (χ1n) is 5.80. The quantitative estimate of drug-likeness (QED) is 0.811. The van der Waals surface area contributed by atoms with E-state index in [1.807, 2.05) is 52.0 Å². The van der Waals surface area contributed by atoms with Crippen LogP contribution in [0.5, 0.6) is 0 Å². The summed E-state index contributed by atoms with van der Waals surface area (Å²) in [6.45, 7) is 7.83. The van der Waals surface area contributed by atoms with Gasteiger partial charge in [-0.05, 0) is 24.5 Å². The van der Waals surface area contributed by atoms with Crippen molar-refractivity contribution in [3.63, 3.8) is 0 Å². The molecule has 0 saturated heterocycles. The minimum absolute atomic E-state index is 0.174. The maximum absolute atomic E-state index is 11.6. The summed E-state index contributed by atoms with van der Waals surface area (Å²) in [6, 6.07) is 7.62. The SMILES string of the molecule is CC.CCCS(=O)(=O)Cc1ccccc1C. The Morgan fingerprint density at radius 2 is 1.69 bits per heavy atom. The molecule has 0 N–H and O–H groups in total. The standard InChI is InChI=1S/C11H16O2S.C2H6/c1-3-8-14(12,13)9-11-7-5-4-6-10(11)2;1-2/h4-7H,3,8-9H2,1-2H3;1-2H3. The first-order chi connectivity index (χ1) is 7.55. The summed E-state index contributed by atoms with van der Waals surface area (Å²) in [5.74, 6) is 0.453. The molecule has 1 aromatic carbocycles. The lowest BCUT2D eigenvalue weighted by Crippen LogP contribution is -2.09. The maximum atomic E-state index is 11.6. The molecule has 16 heavy (non-hydrogen) atoms. The van der Waals surface area contributed by atoms with Crippen LogP contribution in [0.25, 0.3) is 0 Å². The van der Waals surface area contributed by atoms with Crippen molar-refractivity contribution in [1.29, 1.82) is 0 Å². The smallest absolute Gasteiger partial charge is 0.154 e. The third-order valence-electron chi connectivity index (χ3n) is 2.15. The monoisotopic (exact) mass is 242 g/mol. The van der Waals surface area contributed by atoms with Crippen molar-refractivity contribution >= 4 is 9.84 Å². The van der Waals surface area contributed by atoms with Gasteiger partial charge in [0.25, 0.3) is 0 Å². The third-order valence-corrected chi connectivity index (χ3v) is 3.93. The van der Waals surface area contributed by atoms with Crippen molar-refractivity contribution in [2.45, 2.75) is 39.9 Å². The molecule has 0 bridgehead atoms. The molecular formula is C13H22O2S. The second kappa shape index (κ2) is 7.44. The molecule has 0 aromatic heterocycles. The van der Waals surface area contributed by atoms with Crippen molar-refractivity contribution in [2.24, 2.45) is 0 Å². The van der Waals surface area contributed by atoms with Crippen LogP contribution in [0.15, 0.2) is 24.3 Å². The van der Waals surface area contributed by atoms with Crippen LogP contribution in [0.4, 0.5) is 0 Å². The Balaban J connectivity index is 0.00000106. The van der Waals surface area contributed by atoms with Crippen LogP contribution in [0, 0.1) is 6.92 Å². The Labute approximate surface area is 99.6 Å². The highest BCUT2D eigenvalue weighted by Crippen LogP contribution is 2.12. The Morgan fingerprint density at radius 1 is 1.12 bits per heavy atom. The molecule has 1 aromatic rings. The molecule has 0 spiro atoms. The van der Waals surface area contributed by atoms with E-state index >= 15 is 0 Å². The average Bonchev–Trinajstić information content (AvgIpc) is 2.24. The van der Waals surface area contributed by atoms with Crippen molar-refractivity contribution in [2.75, 3.05) is 5.75 Å². The molecule has 92 valence electrons. The van der Waals surface area contributed by atoms with E-state index in [-0.39, 0.29) is 11.5 Å². The fourth-order valence-corrected chi connectivity index (χ4v) is 2.96. The molecule has 0 atom stereocenters. The average molecular weight is 242 g/mol. The van der Waals surface area contributed by atoms with Crippen LogP contribution in [0.2, 0.25) is 0 Å². The summed E-state index contributed by atoms with van der Waals surface area (Å²) in [5.41, 5.74) is 1.97. The van der Waals surface area contributed by atoms with Gasteiger partial charge in [0.15, 0.2) is 9.84 Å². The number of aryl methyl sites for hydroxylation is 1. The summed E-state index contributed by atoms with van der Waals surface area (Å²) in [5, 5.41) is 0. The number of hydrogen-bond acceptors (Lipinski definition) is 2. The van der Waals surface area contributed by atoms with E-state index in [1.54, 1.807) is 0 Å². The highest BCUT2D eigenvalue weighted by molar-refractivity contribution is 7.90. The molecule has 2 nitrogen and oxygen atoms in total. The topological polar surface area (TPSA) is 34.1 Å². The van der Waals surface area contributed by atoms with E-state index in [2.05, 4.69) is 0 Å². The number of rotatable bonds is 4. The first kappa shape index (κ1) is 15.2. The van der Waals surface area contributed by atoms with Gasteiger partial charge in [-0.3, -0.25) is 0 Å². The van der Waals surface area contributed by atoms with Gasteiger partial charge >= 0.3 is 0 Å². The normalized spacial score (nSPS) is 10.5. The predicted molar refractivity (Wildman–Crippen MR) is 70.3 cm³/mol. The van der Waals surface area contributed by atoms with Gasteiger partial charge < -0.3 is 0 Å². The largest absolute Gasteiger partial charge is 0.228 e. The van der Waals surface area contributed by atoms with Gasteiger partial charge in [-0.1, -0.05) is 45.0 Å². The number of benzene rings is 1. The van der Waals surface area contributed by atoms with E-state index in [4.69, 9.17) is 0 Å².